The Bertz CT molecular complexity index is 533. The smallest absolute Gasteiger partial charge is 0.406 e. The van der Waals surface area contributed by atoms with Gasteiger partial charge in [-0.25, -0.2) is 4.98 Å². The molecule has 1 aromatic heterocycles. The lowest BCUT2D eigenvalue weighted by Gasteiger charge is -2.09. The van der Waals surface area contributed by atoms with Crippen LogP contribution >= 0.6 is 11.3 Å². The molecule has 6 heteroatoms. The number of aryl methyl sites for hydroxylation is 2. The first-order valence-electron chi connectivity index (χ1n) is 4.49. The van der Waals surface area contributed by atoms with Crippen molar-refractivity contribution in [3.8, 4) is 5.75 Å². The zero-order valence-electron chi connectivity index (χ0n) is 8.55. The average molecular weight is 247 g/mol. The van der Waals surface area contributed by atoms with E-state index in [1.54, 1.807) is 6.92 Å². The first-order chi connectivity index (χ1) is 7.35. The van der Waals surface area contributed by atoms with Gasteiger partial charge < -0.3 is 4.74 Å². The maximum atomic E-state index is 12.0. The van der Waals surface area contributed by atoms with Gasteiger partial charge in [-0.15, -0.1) is 24.5 Å². The SMILES string of the molecule is Cc1nc2c(C)cc(OC(F)(F)F)cc2s1. The number of halogens is 3. The van der Waals surface area contributed by atoms with Gasteiger partial charge >= 0.3 is 6.36 Å². The number of rotatable bonds is 1. The maximum Gasteiger partial charge on any atom is 0.573 e. The molecule has 0 saturated heterocycles. The summed E-state index contributed by atoms with van der Waals surface area (Å²) in [6.07, 6.45) is -4.65. The molecule has 0 aliphatic rings. The zero-order chi connectivity index (χ0) is 11.9. The Hall–Kier alpha value is -1.30. The number of ether oxygens (including phenoxy) is 1. The summed E-state index contributed by atoms with van der Waals surface area (Å²) in [6, 6.07) is 2.70. The Balaban J connectivity index is 2.49. The Labute approximate surface area is 93.7 Å². The highest BCUT2D eigenvalue weighted by Crippen LogP contribution is 2.31. The van der Waals surface area contributed by atoms with Crippen LogP contribution in [0, 0.1) is 13.8 Å². The van der Waals surface area contributed by atoms with Gasteiger partial charge in [-0.3, -0.25) is 0 Å². The third-order valence-electron chi connectivity index (χ3n) is 2.00. The second kappa shape index (κ2) is 3.62. The van der Waals surface area contributed by atoms with Crippen LogP contribution in [0.15, 0.2) is 12.1 Å². The maximum absolute atomic E-state index is 12.0. The van der Waals surface area contributed by atoms with Gasteiger partial charge in [0.05, 0.1) is 15.2 Å². The molecule has 86 valence electrons. The zero-order valence-corrected chi connectivity index (χ0v) is 9.37. The fourth-order valence-electron chi connectivity index (χ4n) is 1.47. The molecule has 0 N–H and O–H groups in total. The van der Waals surface area contributed by atoms with Crippen molar-refractivity contribution >= 4 is 21.6 Å². The van der Waals surface area contributed by atoms with Crippen molar-refractivity contribution in [2.24, 2.45) is 0 Å². The molecule has 0 amide bonds. The van der Waals surface area contributed by atoms with Crippen molar-refractivity contribution < 1.29 is 17.9 Å². The second-order valence-corrected chi connectivity index (χ2v) is 4.60. The van der Waals surface area contributed by atoms with Gasteiger partial charge in [0.1, 0.15) is 5.75 Å². The third-order valence-corrected chi connectivity index (χ3v) is 2.92. The van der Waals surface area contributed by atoms with E-state index in [1.165, 1.54) is 23.5 Å². The molecule has 1 aromatic carbocycles. The van der Waals surface area contributed by atoms with E-state index in [0.717, 1.165) is 10.5 Å². The first kappa shape index (κ1) is 11.2. The monoisotopic (exact) mass is 247 g/mol. The first-order valence-corrected chi connectivity index (χ1v) is 5.30. The van der Waals surface area contributed by atoms with E-state index in [2.05, 4.69) is 9.72 Å². The third kappa shape index (κ3) is 2.27. The molecule has 16 heavy (non-hydrogen) atoms. The standard InChI is InChI=1S/C10H8F3NOS/c1-5-3-7(15-10(11,12)13)4-8-9(5)14-6(2)16-8/h3-4H,1-2H3. The molecule has 0 aliphatic heterocycles. The summed E-state index contributed by atoms with van der Waals surface area (Å²) in [4.78, 5) is 4.23. The number of aromatic nitrogens is 1. The molecule has 0 radical (unpaired) electrons. The van der Waals surface area contributed by atoms with Crippen molar-refractivity contribution in [2.45, 2.75) is 20.2 Å². The number of fused-ring (bicyclic) bond motifs is 1. The molecule has 2 nitrogen and oxygen atoms in total. The highest BCUT2D eigenvalue weighted by atomic mass is 32.1. The minimum atomic E-state index is -4.65. The molecule has 0 atom stereocenters. The minimum absolute atomic E-state index is 0.193. The molecule has 2 rings (SSSR count). The molecule has 0 saturated carbocycles. The van der Waals surface area contributed by atoms with Crippen molar-refractivity contribution in [1.82, 2.24) is 4.98 Å². The van der Waals surface area contributed by atoms with Gasteiger partial charge in [0.25, 0.3) is 0 Å². The summed E-state index contributed by atoms with van der Waals surface area (Å²) >= 11 is 1.35. The highest BCUT2D eigenvalue weighted by molar-refractivity contribution is 7.18. The molecule has 1 heterocycles. The van der Waals surface area contributed by atoms with Gasteiger partial charge in [-0.2, -0.15) is 0 Å². The minimum Gasteiger partial charge on any atom is -0.406 e. The quantitative estimate of drug-likeness (QED) is 0.764. The number of thiazole rings is 1. The number of benzene rings is 1. The lowest BCUT2D eigenvalue weighted by molar-refractivity contribution is -0.274. The van der Waals surface area contributed by atoms with E-state index >= 15 is 0 Å². The molecule has 0 aliphatic carbocycles. The van der Waals surface area contributed by atoms with Crippen LogP contribution in [0.2, 0.25) is 0 Å². The van der Waals surface area contributed by atoms with Crippen molar-refractivity contribution in [3.05, 3.63) is 22.7 Å². The van der Waals surface area contributed by atoms with E-state index in [1.807, 2.05) is 6.92 Å². The van der Waals surface area contributed by atoms with Crippen LogP contribution in [0.4, 0.5) is 13.2 Å². The molecular weight excluding hydrogens is 239 g/mol. The topological polar surface area (TPSA) is 22.1 Å². The van der Waals surface area contributed by atoms with Crippen molar-refractivity contribution in [2.75, 3.05) is 0 Å². The van der Waals surface area contributed by atoms with Crippen LogP contribution in [-0.4, -0.2) is 11.3 Å². The highest BCUT2D eigenvalue weighted by Gasteiger charge is 2.31. The molecular formula is C10H8F3NOS. The number of hydrogen-bond donors (Lipinski definition) is 0. The van der Waals surface area contributed by atoms with Gasteiger partial charge in [-0.05, 0) is 31.5 Å². The van der Waals surface area contributed by atoms with Gasteiger partial charge in [0.15, 0.2) is 0 Å². The largest absolute Gasteiger partial charge is 0.573 e. The van der Waals surface area contributed by atoms with Crippen molar-refractivity contribution in [1.29, 1.82) is 0 Å². The predicted octanol–water partition coefficient (Wildman–Crippen LogP) is 3.81. The van der Waals surface area contributed by atoms with E-state index in [-0.39, 0.29) is 5.75 Å². The molecule has 2 aromatic rings. The summed E-state index contributed by atoms with van der Waals surface area (Å²) in [5.74, 6) is -0.193. The van der Waals surface area contributed by atoms with Gasteiger partial charge in [0, 0.05) is 0 Å². The van der Waals surface area contributed by atoms with E-state index in [9.17, 15) is 13.2 Å². The molecule has 0 bridgehead atoms. The normalized spacial score (nSPS) is 12.1. The van der Waals surface area contributed by atoms with Crippen LogP contribution in [-0.2, 0) is 0 Å². The Morgan fingerprint density at radius 2 is 1.94 bits per heavy atom. The molecule has 0 fully saturated rings. The van der Waals surface area contributed by atoms with E-state index < -0.39 is 6.36 Å². The van der Waals surface area contributed by atoms with Crippen LogP contribution in [0.25, 0.3) is 10.2 Å². The number of hydrogen-bond acceptors (Lipinski definition) is 3. The average Bonchev–Trinajstić information content (AvgIpc) is 2.42. The Morgan fingerprint density at radius 3 is 2.56 bits per heavy atom. The second-order valence-electron chi connectivity index (χ2n) is 3.37. The van der Waals surface area contributed by atoms with Gasteiger partial charge in [0.2, 0.25) is 0 Å². The Morgan fingerprint density at radius 1 is 1.25 bits per heavy atom. The van der Waals surface area contributed by atoms with E-state index in [0.29, 0.717) is 10.3 Å². The fraction of sp³-hybridized carbons (Fsp3) is 0.300. The Kier molecular flexibility index (Phi) is 2.53. The molecule has 0 spiro atoms. The van der Waals surface area contributed by atoms with Crippen LogP contribution in [0.5, 0.6) is 5.75 Å². The summed E-state index contributed by atoms with van der Waals surface area (Å²) in [7, 11) is 0. The van der Waals surface area contributed by atoms with Gasteiger partial charge in [-0.1, -0.05) is 0 Å². The van der Waals surface area contributed by atoms with Crippen molar-refractivity contribution in [3.63, 3.8) is 0 Å². The van der Waals surface area contributed by atoms with Crippen LogP contribution in [0.1, 0.15) is 10.6 Å². The lowest BCUT2D eigenvalue weighted by Crippen LogP contribution is -2.17. The lowest BCUT2D eigenvalue weighted by atomic mass is 10.2. The summed E-state index contributed by atoms with van der Waals surface area (Å²) in [5, 5.41) is 0.822. The fourth-order valence-corrected chi connectivity index (χ4v) is 2.40. The summed E-state index contributed by atoms with van der Waals surface area (Å²) in [5.41, 5.74) is 1.41. The van der Waals surface area contributed by atoms with E-state index in [4.69, 9.17) is 0 Å². The summed E-state index contributed by atoms with van der Waals surface area (Å²) < 4.78 is 40.7. The van der Waals surface area contributed by atoms with Crippen LogP contribution in [0.3, 0.4) is 0 Å². The van der Waals surface area contributed by atoms with Crippen LogP contribution < -0.4 is 4.74 Å². The molecule has 0 unspecified atom stereocenters. The number of alkyl halides is 3. The predicted molar refractivity (Wildman–Crippen MR) is 55.8 cm³/mol. The number of nitrogens with zero attached hydrogens (tertiary/aromatic N) is 1. The summed E-state index contributed by atoms with van der Waals surface area (Å²) in [6.45, 7) is 3.53.